The van der Waals surface area contributed by atoms with Crippen molar-refractivity contribution in [2.45, 2.75) is 50.5 Å². The Morgan fingerprint density at radius 1 is 1.25 bits per heavy atom. The number of hydrogen-bond acceptors (Lipinski definition) is 2. The van der Waals surface area contributed by atoms with Gasteiger partial charge in [0.05, 0.1) is 25.7 Å². The van der Waals surface area contributed by atoms with Crippen LogP contribution in [0.5, 0.6) is 0 Å². The topological polar surface area (TPSA) is 29.1 Å². The molecule has 0 bridgehead atoms. The first-order chi connectivity index (χ1) is 9.56. The molecule has 0 saturated carbocycles. The van der Waals surface area contributed by atoms with Crippen LogP contribution in [-0.4, -0.2) is 22.5 Å². The molecule has 2 atom stereocenters. The van der Waals surface area contributed by atoms with Crippen LogP contribution >= 0.6 is 23.2 Å². The number of hydrogen-bond donors (Lipinski definition) is 1. The van der Waals surface area contributed by atoms with E-state index in [1.54, 1.807) is 18.2 Å². The summed E-state index contributed by atoms with van der Waals surface area (Å²) in [6, 6.07) is 5.76. The second-order valence-electron chi connectivity index (χ2n) is 4.95. The minimum atomic E-state index is -1.11. The third-order valence-corrected chi connectivity index (χ3v) is 5.51. The molecule has 0 radical (unpaired) electrons. The highest BCUT2D eigenvalue weighted by atomic mass is 35.5. The van der Waals surface area contributed by atoms with Crippen molar-refractivity contribution < 1.29 is 4.21 Å². The van der Waals surface area contributed by atoms with Gasteiger partial charge in [-0.3, -0.25) is 4.21 Å². The summed E-state index contributed by atoms with van der Waals surface area (Å²) in [6.45, 7) is 5.41. The van der Waals surface area contributed by atoms with Crippen molar-refractivity contribution >= 4 is 34.0 Å². The molecule has 20 heavy (non-hydrogen) atoms. The third kappa shape index (κ3) is 6.13. The Labute approximate surface area is 134 Å². The Hall–Kier alpha value is -0.0900. The summed E-state index contributed by atoms with van der Waals surface area (Å²) in [5.41, 5.74) is 0. The molecule has 1 aromatic carbocycles. The average molecular weight is 336 g/mol. The molecule has 2 nitrogen and oxygen atoms in total. The molecule has 1 rings (SSSR count). The van der Waals surface area contributed by atoms with Crippen LogP contribution < -0.4 is 5.32 Å². The predicted octanol–water partition coefficient (Wildman–Crippen LogP) is 4.66. The molecule has 0 aliphatic carbocycles. The van der Waals surface area contributed by atoms with E-state index in [0.717, 1.165) is 32.2 Å². The van der Waals surface area contributed by atoms with Gasteiger partial charge in [-0.2, -0.15) is 0 Å². The number of rotatable bonds is 9. The Balaban J connectivity index is 2.34. The zero-order valence-corrected chi connectivity index (χ0v) is 14.5. The summed E-state index contributed by atoms with van der Waals surface area (Å²) in [4.78, 5) is 0.577. The molecule has 5 heteroatoms. The van der Waals surface area contributed by atoms with Gasteiger partial charge in [-0.15, -0.1) is 0 Å². The minimum absolute atomic E-state index is 0.494. The van der Waals surface area contributed by atoms with E-state index in [0.29, 0.717) is 26.7 Å². The first-order valence-corrected chi connectivity index (χ1v) is 9.19. The molecule has 2 unspecified atom stereocenters. The van der Waals surface area contributed by atoms with Gasteiger partial charge >= 0.3 is 0 Å². The van der Waals surface area contributed by atoms with Crippen molar-refractivity contribution in [2.24, 2.45) is 0 Å². The van der Waals surface area contributed by atoms with Gasteiger partial charge in [0.1, 0.15) is 0 Å². The fourth-order valence-corrected chi connectivity index (χ4v) is 4.13. The lowest BCUT2D eigenvalue weighted by atomic mass is 10.1. The van der Waals surface area contributed by atoms with Crippen molar-refractivity contribution in [3.05, 3.63) is 28.2 Å². The van der Waals surface area contributed by atoms with E-state index in [1.165, 1.54) is 0 Å². The molecule has 0 spiro atoms. The summed E-state index contributed by atoms with van der Waals surface area (Å²) in [7, 11) is -1.11. The van der Waals surface area contributed by atoms with Gasteiger partial charge in [0.2, 0.25) is 0 Å². The van der Waals surface area contributed by atoms with Crippen LogP contribution in [0.15, 0.2) is 23.1 Å². The quantitative estimate of drug-likeness (QED) is 0.665. The lowest BCUT2D eigenvalue weighted by Gasteiger charge is -2.12. The second-order valence-corrected chi connectivity index (χ2v) is 7.27. The molecule has 0 aliphatic heterocycles. The number of unbranched alkanes of at least 4 members (excludes halogenated alkanes) is 1. The maximum absolute atomic E-state index is 12.2. The van der Waals surface area contributed by atoms with Gasteiger partial charge in [-0.05, 0) is 44.9 Å². The zero-order valence-electron chi connectivity index (χ0n) is 12.1. The van der Waals surface area contributed by atoms with Crippen LogP contribution in [0.2, 0.25) is 10.0 Å². The molecule has 0 heterocycles. The SMILES string of the molecule is CCCNC(C)CCCCS(=O)c1c(Cl)cccc1Cl. The summed E-state index contributed by atoms with van der Waals surface area (Å²) in [5.74, 6) is 0.615. The van der Waals surface area contributed by atoms with E-state index in [-0.39, 0.29) is 0 Å². The smallest absolute Gasteiger partial charge is 0.0760 e. The minimum Gasteiger partial charge on any atom is -0.314 e. The van der Waals surface area contributed by atoms with E-state index >= 15 is 0 Å². The fourth-order valence-electron chi connectivity index (χ4n) is 1.98. The first-order valence-electron chi connectivity index (χ1n) is 7.12. The van der Waals surface area contributed by atoms with Gasteiger partial charge in [-0.25, -0.2) is 0 Å². The maximum atomic E-state index is 12.2. The van der Waals surface area contributed by atoms with E-state index < -0.39 is 10.8 Å². The highest BCUT2D eigenvalue weighted by Crippen LogP contribution is 2.28. The summed E-state index contributed by atoms with van der Waals surface area (Å²) < 4.78 is 12.2. The molecule has 0 fully saturated rings. The largest absolute Gasteiger partial charge is 0.314 e. The molecule has 0 saturated heterocycles. The molecule has 1 N–H and O–H groups in total. The molecular formula is C15H23Cl2NOS. The third-order valence-electron chi connectivity index (χ3n) is 3.11. The van der Waals surface area contributed by atoms with E-state index in [4.69, 9.17) is 23.2 Å². The lowest BCUT2D eigenvalue weighted by molar-refractivity contribution is 0.495. The molecular weight excluding hydrogens is 313 g/mol. The van der Waals surface area contributed by atoms with Gasteiger partial charge < -0.3 is 5.32 Å². The van der Waals surface area contributed by atoms with Gasteiger partial charge in [0.25, 0.3) is 0 Å². The van der Waals surface area contributed by atoms with E-state index in [9.17, 15) is 4.21 Å². The van der Waals surface area contributed by atoms with Gasteiger partial charge in [0.15, 0.2) is 0 Å². The Morgan fingerprint density at radius 3 is 2.50 bits per heavy atom. The predicted molar refractivity (Wildman–Crippen MR) is 89.3 cm³/mol. The van der Waals surface area contributed by atoms with Crippen molar-refractivity contribution in [3.8, 4) is 0 Å². The van der Waals surface area contributed by atoms with E-state index in [1.807, 2.05) is 0 Å². The Bertz CT molecular complexity index is 420. The number of nitrogens with one attached hydrogen (secondary N) is 1. The Kier molecular flexibility index (Phi) is 8.78. The zero-order chi connectivity index (χ0) is 15.0. The number of benzene rings is 1. The lowest BCUT2D eigenvalue weighted by Crippen LogP contribution is -2.26. The number of halogens is 2. The van der Waals surface area contributed by atoms with Gasteiger partial charge in [0, 0.05) is 11.8 Å². The van der Waals surface area contributed by atoms with Crippen LogP contribution in [0, 0.1) is 0 Å². The Morgan fingerprint density at radius 2 is 1.90 bits per heavy atom. The van der Waals surface area contributed by atoms with Crippen molar-refractivity contribution in [1.82, 2.24) is 5.32 Å². The van der Waals surface area contributed by atoms with Crippen LogP contribution in [0.4, 0.5) is 0 Å². The van der Waals surface area contributed by atoms with Gasteiger partial charge in [-0.1, -0.05) is 42.6 Å². The average Bonchev–Trinajstić information content (AvgIpc) is 2.41. The van der Waals surface area contributed by atoms with Crippen LogP contribution in [0.3, 0.4) is 0 Å². The van der Waals surface area contributed by atoms with E-state index in [2.05, 4.69) is 19.2 Å². The van der Waals surface area contributed by atoms with Crippen LogP contribution in [-0.2, 0) is 10.8 Å². The summed E-state index contributed by atoms with van der Waals surface area (Å²) >= 11 is 12.1. The van der Waals surface area contributed by atoms with Crippen molar-refractivity contribution in [2.75, 3.05) is 12.3 Å². The molecule has 0 aliphatic rings. The van der Waals surface area contributed by atoms with Crippen LogP contribution in [0.25, 0.3) is 0 Å². The summed E-state index contributed by atoms with van der Waals surface area (Å²) in [6.07, 6.45) is 4.24. The standard InChI is InChI=1S/C15H23Cl2NOS/c1-3-10-18-12(2)7-4-5-11-20(19)15-13(16)8-6-9-14(15)17/h6,8-9,12,18H,3-5,7,10-11H2,1-2H3. The van der Waals surface area contributed by atoms with Crippen LogP contribution in [0.1, 0.15) is 39.5 Å². The van der Waals surface area contributed by atoms with Crippen molar-refractivity contribution in [1.29, 1.82) is 0 Å². The molecule has 0 amide bonds. The molecule has 0 aromatic heterocycles. The maximum Gasteiger partial charge on any atom is 0.0760 e. The molecule has 114 valence electrons. The fraction of sp³-hybridized carbons (Fsp3) is 0.600. The highest BCUT2D eigenvalue weighted by molar-refractivity contribution is 7.85. The molecule has 1 aromatic rings. The first kappa shape index (κ1) is 18.0. The second kappa shape index (κ2) is 9.78. The normalized spacial score (nSPS) is 14.2. The van der Waals surface area contributed by atoms with Crippen molar-refractivity contribution in [3.63, 3.8) is 0 Å². The summed E-state index contributed by atoms with van der Waals surface area (Å²) in [5, 5.41) is 4.44. The highest BCUT2D eigenvalue weighted by Gasteiger charge is 2.12. The monoisotopic (exact) mass is 335 g/mol.